The molecule has 1 fully saturated rings. The van der Waals surface area contributed by atoms with Gasteiger partial charge in [0.2, 0.25) is 10.0 Å². The summed E-state index contributed by atoms with van der Waals surface area (Å²) in [5, 5.41) is 10.6. The monoisotopic (exact) mass is 352 g/mol. The van der Waals surface area contributed by atoms with Gasteiger partial charge in [0.25, 0.3) is 0 Å². The second kappa shape index (κ2) is 7.02. The zero-order valence-corrected chi connectivity index (χ0v) is 15.4. The van der Waals surface area contributed by atoms with E-state index in [-0.39, 0.29) is 0 Å². The number of aliphatic hydroxyl groups excluding tert-OH is 1. The number of benzene rings is 1. The van der Waals surface area contributed by atoms with Crippen LogP contribution in [0.15, 0.2) is 18.2 Å². The lowest BCUT2D eigenvalue weighted by Crippen LogP contribution is -2.37. The summed E-state index contributed by atoms with van der Waals surface area (Å²) in [6.45, 7) is 5.55. The lowest BCUT2D eigenvalue weighted by Gasteiger charge is -2.33. The van der Waals surface area contributed by atoms with Gasteiger partial charge in [0.15, 0.2) is 0 Å². The van der Waals surface area contributed by atoms with E-state index in [1.165, 1.54) is 23.4 Å². The lowest BCUT2D eigenvalue weighted by atomic mass is 9.97. The number of rotatable bonds is 4. The Morgan fingerprint density at radius 1 is 1.29 bits per heavy atom. The molecule has 0 bridgehead atoms. The van der Waals surface area contributed by atoms with Crippen LogP contribution in [0.2, 0.25) is 0 Å². The minimum absolute atomic E-state index is 0.519. The molecule has 0 amide bonds. The van der Waals surface area contributed by atoms with Crippen LogP contribution >= 0.6 is 0 Å². The van der Waals surface area contributed by atoms with Gasteiger partial charge in [-0.15, -0.1) is 0 Å². The Balaban J connectivity index is 1.76. The van der Waals surface area contributed by atoms with Gasteiger partial charge >= 0.3 is 0 Å². The number of nitrogens with zero attached hydrogens (tertiary/aromatic N) is 2. The average molecular weight is 353 g/mol. The molecule has 1 aromatic carbocycles. The minimum Gasteiger partial charge on any atom is -0.387 e. The summed E-state index contributed by atoms with van der Waals surface area (Å²) in [5.74, 6) is 0.692. The Labute approximate surface area is 145 Å². The number of aliphatic hydroxyl groups is 1. The van der Waals surface area contributed by atoms with E-state index in [0.29, 0.717) is 19.0 Å². The average Bonchev–Trinajstić information content (AvgIpc) is 2.53. The molecular formula is C18H28N2O3S. The van der Waals surface area contributed by atoms with E-state index >= 15 is 0 Å². The molecule has 2 heterocycles. The molecule has 0 radical (unpaired) electrons. The van der Waals surface area contributed by atoms with Gasteiger partial charge in [-0.2, -0.15) is 0 Å². The van der Waals surface area contributed by atoms with Gasteiger partial charge in [-0.05, 0) is 55.3 Å². The van der Waals surface area contributed by atoms with Gasteiger partial charge in [-0.3, -0.25) is 4.31 Å². The number of piperidine rings is 1. The first-order valence-electron chi connectivity index (χ1n) is 8.85. The summed E-state index contributed by atoms with van der Waals surface area (Å²) >= 11 is 0. The molecule has 6 heteroatoms. The van der Waals surface area contributed by atoms with Crippen molar-refractivity contribution in [3.8, 4) is 0 Å². The van der Waals surface area contributed by atoms with Crippen LogP contribution in [0, 0.1) is 5.92 Å². The largest absolute Gasteiger partial charge is 0.387 e. The standard InChI is InChI=1S/C18H28N2O3S/c1-14-5-3-9-19(12-14)13-18(21)16-7-8-17-15(11-16)6-4-10-20(17)24(2,22)23/h7-8,11,14,18,21H,3-6,9-10,12-13H2,1-2H3/t14-,18+/m1/s1. The molecule has 0 aromatic heterocycles. The van der Waals surface area contributed by atoms with Crippen molar-refractivity contribution < 1.29 is 13.5 Å². The van der Waals surface area contributed by atoms with Crippen molar-refractivity contribution >= 4 is 15.7 Å². The molecule has 2 aliphatic rings. The Morgan fingerprint density at radius 3 is 2.79 bits per heavy atom. The maximum absolute atomic E-state index is 11.9. The zero-order chi connectivity index (χ0) is 17.3. The fourth-order valence-corrected chi connectivity index (χ4v) is 4.93. The van der Waals surface area contributed by atoms with Crippen LogP contribution in [0.25, 0.3) is 0 Å². The van der Waals surface area contributed by atoms with E-state index in [4.69, 9.17) is 0 Å². The van der Waals surface area contributed by atoms with Crippen molar-refractivity contribution in [3.05, 3.63) is 29.3 Å². The van der Waals surface area contributed by atoms with Gasteiger partial charge in [0, 0.05) is 19.6 Å². The van der Waals surface area contributed by atoms with Crippen LogP contribution in [0.5, 0.6) is 0 Å². The Hall–Kier alpha value is -1.11. The quantitative estimate of drug-likeness (QED) is 0.902. The third-order valence-electron chi connectivity index (χ3n) is 5.14. The molecule has 0 spiro atoms. The highest BCUT2D eigenvalue weighted by Crippen LogP contribution is 2.31. The molecule has 3 rings (SSSR count). The van der Waals surface area contributed by atoms with E-state index in [1.54, 1.807) is 0 Å². The first-order valence-corrected chi connectivity index (χ1v) is 10.7. The maximum atomic E-state index is 11.9. The molecule has 2 aliphatic heterocycles. The Bertz CT molecular complexity index is 690. The lowest BCUT2D eigenvalue weighted by molar-refractivity contribution is 0.0875. The van der Waals surface area contributed by atoms with Crippen LogP contribution in [0.4, 0.5) is 5.69 Å². The molecule has 0 aliphatic carbocycles. The van der Waals surface area contributed by atoms with Crippen molar-refractivity contribution in [3.63, 3.8) is 0 Å². The SMILES string of the molecule is C[C@@H]1CCCN(C[C@H](O)c2ccc3c(c2)CCCN3S(C)(=O)=O)C1. The van der Waals surface area contributed by atoms with Crippen molar-refractivity contribution in [1.82, 2.24) is 4.90 Å². The molecule has 1 N–H and O–H groups in total. The summed E-state index contributed by atoms with van der Waals surface area (Å²) in [7, 11) is -3.24. The highest BCUT2D eigenvalue weighted by molar-refractivity contribution is 7.92. The molecule has 0 saturated carbocycles. The van der Waals surface area contributed by atoms with Gasteiger partial charge in [-0.25, -0.2) is 8.42 Å². The Kier molecular flexibility index (Phi) is 5.18. The first kappa shape index (κ1) is 17.7. The number of β-amino-alcohol motifs (C(OH)–C–C–N with tert-alkyl or cyclic N) is 1. The highest BCUT2D eigenvalue weighted by Gasteiger charge is 2.25. The normalized spacial score (nSPS) is 23.8. The molecule has 0 unspecified atom stereocenters. The Morgan fingerprint density at radius 2 is 2.08 bits per heavy atom. The van der Waals surface area contributed by atoms with Crippen molar-refractivity contribution in [2.45, 2.75) is 38.7 Å². The molecule has 134 valence electrons. The zero-order valence-electron chi connectivity index (χ0n) is 14.6. The number of hydrogen-bond acceptors (Lipinski definition) is 4. The van der Waals surface area contributed by atoms with E-state index in [1.807, 2.05) is 18.2 Å². The number of anilines is 1. The number of likely N-dealkylation sites (tertiary alicyclic amines) is 1. The van der Waals surface area contributed by atoms with Crippen LogP contribution in [-0.4, -0.2) is 50.9 Å². The predicted molar refractivity (Wildman–Crippen MR) is 96.8 cm³/mol. The third kappa shape index (κ3) is 3.92. The van der Waals surface area contributed by atoms with Crippen LogP contribution in [0.3, 0.4) is 0 Å². The summed E-state index contributed by atoms with van der Waals surface area (Å²) < 4.78 is 25.3. The third-order valence-corrected chi connectivity index (χ3v) is 6.32. The van der Waals surface area contributed by atoms with Gasteiger partial charge in [-0.1, -0.05) is 19.1 Å². The van der Waals surface area contributed by atoms with E-state index in [2.05, 4.69) is 11.8 Å². The minimum atomic E-state index is -3.24. The molecule has 24 heavy (non-hydrogen) atoms. The smallest absolute Gasteiger partial charge is 0.232 e. The van der Waals surface area contributed by atoms with Crippen LogP contribution in [0.1, 0.15) is 43.4 Å². The fraction of sp³-hybridized carbons (Fsp3) is 0.667. The number of aryl methyl sites for hydroxylation is 1. The summed E-state index contributed by atoms with van der Waals surface area (Å²) in [4.78, 5) is 2.33. The van der Waals surface area contributed by atoms with Crippen LogP contribution in [-0.2, 0) is 16.4 Å². The topological polar surface area (TPSA) is 60.9 Å². The maximum Gasteiger partial charge on any atom is 0.232 e. The second-order valence-electron chi connectivity index (χ2n) is 7.35. The summed E-state index contributed by atoms with van der Waals surface area (Å²) in [6.07, 6.45) is 4.89. The van der Waals surface area contributed by atoms with E-state index in [0.717, 1.165) is 42.7 Å². The highest BCUT2D eigenvalue weighted by atomic mass is 32.2. The van der Waals surface area contributed by atoms with Gasteiger partial charge < -0.3 is 10.0 Å². The fourth-order valence-electron chi connectivity index (χ4n) is 3.94. The van der Waals surface area contributed by atoms with Gasteiger partial charge in [0.05, 0.1) is 18.0 Å². The number of sulfonamides is 1. The van der Waals surface area contributed by atoms with Crippen molar-refractivity contribution in [2.24, 2.45) is 5.92 Å². The predicted octanol–water partition coefficient (Wildman–Crippen LogP) is 2.16. The molecule has 5 nitrogen and oxygen atoms in total. The van der Waals surface area contributed by atoms with E-state index in [9.17, 15) is 13.5 Å². The molecule has 1 aromatic rings. The van der Waals surface area contributed by atoms with Gasteiger partial charge in [0.1, 0.15) is 0 Å². The number of hydrogen-bond donors (Lipinski definition) is 1. The second-order valence-corrected chi connectivity index (χ2v) is 9.26. The number of fused-ring (bicyclic) bond motifs is 1. The van der Waals surface area contributed by atoms with Crippen molar-refractivity contribution in [1.29, 1.82) is 0 Å². The summed E-state index contributed by atoms with van der Waals surface area (Å²) in [6, 6.07) is 5.72. The molecular weight excluding hydrogens is 324 g/mol. The van der Waals surface area contributed by atoms with E-state index < -0.39 is 16.1 Å². The van der Waals surface area contributed by atoms with Crippen LogP contribution < -0.4 is 4.31 Å². The molecule has 1 saturated heterocycles. The van der Waals surface area contributed by atoms with Crippen molar-refractivity contribution in [2.75, 3.05) is 36.7 Å². The molecule has 2 atom stereocenters. The summed E-state index contributed by atoms with van der Waals surface area (Å²) in [5.41, 5.74) is 2.68. The first-order chi connectivity index (χ1) is 11.3.